The second-order valence-corrected chi connectivity index (χ2v) is 4.81. The fraction of sp³-hybridized carbons (Fsp3) is 0.462. The number of aryl methyl sites for hydroxylation is 1. The summed E-state index contributed by atoms with van der Waals surface area (Å²) < 4.78 is 38.3. The Bertz CT molecular complexity index is 507. The highest BCUT2D eigenvalue weighted by atomic mass is 19.4. The molecule has 0 aromatic heterocycles. The van der Waals surface area contributed by atoms with Crippen LogP contribution in [-0.4, -0.2) is 24.7 Å². The molecule has 104 valence electrons. The van der Waals surface area contributed by atoms with Crippen LogP contribution in [0.2, 0.25) is 0 Å². The van der Waals surface area contributed by atoms with Crippen LogP contribution in [0.4, 0.5) is 18.9 Å². The maximum absolute atomic E-state index is 12.8. The Balaban J connectivity index is 2.18. The second-order valence-electron chi connectivity index (χ2n) is 4.81. The molecule has 1 amide bonds. The highest BCUT2D eigenvalue weighted by molar-refractivity contribution is 5.96. The number of benzene rings is 1. The first-order valence-corrected chi connectivity index (χ1v) is 5.97. The third-order valence-electron chi connectivity index (χ3n) is 3.41. The third-order valence-corrected chi connectivity index (χ3v) is 3.41. The first kappa shape index (κ1) is 13.7. The summed E-state index contributed by atoms with van der Waals surface area (Å²) in [5.41, 5.74) is -0.291. The van der Waals surface area contributed by atoms with Crippen LogP contribution >= 0.6 is 0 Å². The fourth-order valence-corrected chi connectivity index (χ4v) is 1.96. The van der Waals surface area contributed by atoms with Crippen molar-refractivity contribution in [1.29, 1.82) is 0 Å². The molecule has 1 fully saturated rings. The summed E-state index contributed by atoms with van der Waals surface area (Å²) in [6.07, 6.45) is -4.48. The number of anilines is 1. The minimum Gasteiger partial charge on any atom is -0.388 e. The van der Waals surface area contributed by atoms with Crippen molar-refractivity contribution in [1.82, 2.24) is 5.32 Å². The number of nitrogens with one attached hydrogen (secondary N) is 2. The van der Waals surface area contributed by atoms with Gasteiger partial charge in [0.25, 0.3) is 5.91 Å². The van der Waals surface area contributed by atoms with Gasteiger partial charge in [0.1, 0.15) is 5.54 Å². The fourth-order valence-electron chi connectivity index (χ4n) is 1.96. The van der Waals surface area contributed by atoms with Gasteiger partial charge in [-0.2, -0.15) is 13.2 Å². The van der Waals surface area contributed by atoms with Gasteiger partial charge in [-0.25, -0.2) is 0 Å². The zero-order valence-corrected chi connectivity index (χ0v) is 10.7. The lowest BCUT2D eigenvalue weighted by molar-refractivity contribution is -0.163. The summed E-state index contributed by atoms with van der Waals surface area (Å²) in [5.74, 6) is -0.671. The van der Waals surface area contributed by atoms with Crippen LogP contribution in [-0.2, 0) is 0 Å². The molecule has 1 aromatic carbocycles. The number of carbonyl (C=O) groups excluding carboxylic acids is 1. The van der Waals surface area contributed by atoms with E-state index < -0.39 is 17.6 Å². The van der Waals surface area contributed by atoms with Crippen LogP contribution in [0.15, 0.2) is 18.2 Å². The van der Waals surface area contributed by atoms with Crippen LogP contribution < -0.4 is 10.6 Å². The van der Waals surface area contributed by atoms with Gasteiger partial charge >= 0.3 is 6.18 Å². The molecular weight excluding hydrogens is 257 g/mol. The number of halogens is 3. The summed E-state index contributed by atoms with van der Waals surface area (Å²) in [7, 11) is 1.73. The summed E-state index contributed by atoms with van der Waals surface area (Å²) >= 11 is 0. The van der Waals surface area contributed by atoms with Crippen molar-refractivity contribution in [2.75, 3.05) is 12.4 Å². The number of alkyl halides is 3. The first-order valence-electron chi connectivity index (χ1n) is 5.97. The molecule has 0 saturated heterocycles. The zero-order valence-electron chi connectivity index (χ0n) is 10.7. The van der Waals surface area contributed by atoms with Crippen LogP contribution in [0.5, 0.6) is 0 Å². The highest BCUT2D eigenvalue weighted by Crippen LogP contribution is 2.49. The molecule has 2 N–H and O–H groups in total. The summed E-state index contributed by atoms with van der Waals surface area (Å²) in [5, 5.41) is 5.02. The predicted octanol–water partition coefficient (Wildman–Crippen LogP) is 2.86. The summed E-state index contributed by atoms with van der Waals surface area (Å²) in [6, 6.07) is 4.92. The van der Waals surface area contributed by atoms with Gasteiger partial charge in [-0.1, -0.05) is 0 Å². The van der Waals surface area contributed by atoms with Gasteiger partial charge < -0.3 is 10.6 Å². The van der Waals surface area contributed by atoms with Crippen molar-refractivity contribution in [2.45, 2.75) is 31.5 Å². The first-order chi connectivity index (χ1) is 8.79. The predicted molar refractivity (Wildman–Crippen MR) is 66.2 cm³/mol. The third kappa shape index (κ3) is 2.52. The molecule has 1 saturated carbocycles. The van der Waals surface area contributed by atoms with Crippen molar-refractivity contribution < 1.29 is 18.0 Å². The topological polar surface area (TPSA) is 41.1 Å². The zero-order chi connectivity index (χ0) is 14.3. The molecular formula is C13H15F3N2O. The van der Waals surface area contributed by atoms with Gasteiger partial charge in [-0.15, -0.1) is 0 Å². The Labute approximate surface area is 109 Å². The maximum Gasteiger partial charge on any atom is 0.411 e. The largest absolute Gasteiger partial charge is 0.411 e. The van der Waals surface area contributed by atoms with Gasteiger partial charge in [0.2, 0.25) is 0 Å². The number of amides is 1. The van der Waals surface area contributed by atoms with Crippen LogP contribution in [0.25, 0.3) is 0 Å². The van der Waals surface area contributed by atoms with Crippen molar-refractivity contribution >= 4 is 11.6 Å². The summed E-state index contributed by atoms with van der Waals surface area (Å²) in [6.45, 7) is 1.70. The van der Waals surface area contributed by atoms with E-state index in [9.17, 15) is 18.0 Å². The molecule has 0 aliphatic heterocycles. The Hall–Kier alpha value is -1.72. The average Bonchev–Trinajstić information content (AvgIpc) is 3.08. The Morgan fingerprint density at radius 1 is 1.32 bits per heavy atom. The van der Waals surface area contributed by atoms with Crippen molar-refractivity contribution in [3.8, 4) is 0 Å². The molecule has 0 bridgehead atoms. The molecule has 1 aromatic rings. The molecule has 2 rings (SSSR count). The molecule has 0 atom stereocenters. The van der Waals surface area contributed by atoms with E-state index in [1.165, 1.54) is 6.07 Å². The number of rotatable bonds is 3. The Morgan fingerprint density at radius 2 is 1.95 bits per heavy atom. The monoisotopic (exact) mass is 272 g/mol. The van der Waals surface area contributed by atoms with E-state index >= 15 is 0 Å². The van der Waals surface area contributed by atoms with E-state index in [4.69, 9.17) is 0 Å². The van der Waals surface area contributed by atoms with Gasteiger partial charge in [-0.05, 0) is 43.5 Å². The molecule has 1 aliphatic rings. The van der Waals surface area contributed by atoms with Crippen molar-refractivity contribution in [3.05, 3.63) is 29.3 Å². The van der Waals surface area contributed by atoms with E-state index in [1.807, 2.05) is 0 Å². The minimum absolute atomic E-state index is 0.0457. The standard InChI is InChI=1S/C13H15F3N2O/c1-8-7-9(17-2)3-4-10(8)11(19)18-12(5-6-12)13(14,15)16/h3-4,7,17H,5-6H2,1-2H3,(H,18,19). The summed E-state index contributed by atoms with van der Waals surface area (Å²) in [4.78, 5) is 11.9. The van der Waals surface area contributed by atoms with Gasteiger partial charge in [0.05, 0.1) is 0 Å². The van der Waals surface area contributed by atoms with E-state index in [1.54, 1.807) is 26.1 Å². The lowest BCUT2D eigenvalue weighted by atomic mass is 10.1. The molecule has 0 spiro atoms. The molecule has 3 nitrogen and oxygen atoms in total. The Kier molecular flexibility index (Phi) is 3.20. The molecule has 0 heterocycles. The quantitative estimate of drug-likeness (QED) is 0.888. The molecule has 19 heavy (non-hydrogen) atoms. The molecule has 0 unspecified atom stereocenters. The average molecular weight is 272 g/mol. The van der Waals surface area contributed by atoms with E-state index in [0.717, 1.165) is 5.69 Å². The van der Waals surface area contributed by atoms with Gasteiger partial charge in [-0.3, -0.25) is 4.79 Å². The van der Waals surface area contributed by atoms with Gasteiger partial charge in [0, 0.05) is 18.3 Å². The second kappa shape index (κ2) is 4.43. The number of hydrogen-bond donors (Lipinski definition) is 2. The van der Waals surface area contributed by atoms with E-state index in [0.29, 0.717) is 5.56 Å². The number of hydrogen-bond acceptors (Lipinski definition) is 2. The molecule has 6 heteroatoms. The lowest BCUT2D eigenvalue weighted by Gasteiger charge is -2.21. The van der Waals surface area contributed by atoms with Crippen LogP contribution in [0.3, 0.4) is 0 Å². The maximum atomic E-state index is 12.8. The Morgan fingerprint density at radius 3 is 2.37 bits per heavy atom. The van der Waals surface area contributed by atoms with Crippen molar-refractivity contribution in [2.24, 2.45) is 0 Å². The minimum atomic E-state index is -4.39. The SMILES string of the molecule is CNc1ccc(C(=O)NC2(C(F)(F)F)CC2)c(C)c1. The molecule has 1 aliphatic carbocycles. The van der Waals surface area contributed by atoms with Crippen LogP contribution in [0.1, 0.15) is 28.8 Å². The lowest BCUT2D eigenvalue weighted by Crippen LogP contribution is -2.48. The smallest absolute Gasteiger partial charge is 0.388 e. The number of carbonyl (C=O) groups is 1. The van der Waals surface area contributed by atoms with E-state index in [-0.39, 0.29) is 18.4 Å². The normalized spacial score (nSPS) is 16.9. The van der Waals surface area contributed by atoms with Gasteiger partial charge in [0.15, 0.2) is 0 Å². The van der Waals surface area contributed by atoms with E-state index in [2.05, 4.69) is 10.6 Å². The molecule has 0 radical (unpaired) electrons. The van der Waals surface area contributed by atoms with Crippen LogP contribution in [0, 0.1) is 6.92 Å². The highest BCUT2D eigenvalue weighted by Gasteiger charge is 2.64. The van der Waals surface area contributed by atoms with Crippen molar-refractivity contribution in [3.63, 3.8) is 0 Å².